The Labute approximate surface area is 132 Å². The molecule has 5 heteroatoms. The Morgan fingerprint density at radius 2 is 2.14 bits per heavy atom. The van der Waals surface area contributed by atoms with Gasteiger partial charge in [-0.2, -0.15) is 0 Å². The molecule has 0 saturated carbocycles. The lowest BCUT2D eigenvalue weighted by Gasteiger charge is -2.12. The number of benzene rings is 1. The molecule has 0 aliphatic heterocycles. The van der Waals surface area contributed by atoms with Crippen molar-refractivity contribution in [1.29, 1.82) is 0 Å². The first-order chi connectivity index (χ1) is 9.99. The number of hydrogen-bond donors (Lipinski definition) is 1. The van der Waals surface area contributed by atoms with E-state index in [1.807, 2.05) is 13.0 Å². The van der Waals surface area contributed by atoms with Gasteiger partial charge in [-0.3, -0.25) is 0 Å². The monoisotopic (exact) mass is 352 g/mol. The largest absolute Gasteiger partial charge is 0.439 e. The Bertz CT molecular complexity index is 634. The molecule has 1 aromatic heterocycles. The molecule has 1 heterocycles. The third-order valence-corrected chi connectivity index (χ3v) is 3.82. The first kappa shape index (κ1) is 15.9. The van der Waals surface area contributed by atoms with Gasteiger partial charge in [0.1, 0.15) is 11.6 Å². The number of nitrogens with zero attached hydrogens (tertiary/aromatic N) is 1. The number of hydrogen-bond acceptors (Lipinski definition) is 3. The van der Waals surface area contributed by atoms with Gasteiger partial charge >= 0.3 is 0 Å². The van der Waals surface area contributed by atoms with E-state index in [-0.39, 0.29) is 11.9 Å². The molecule has 0 fully saturated rings. The highest BCUT2D eigenvalue weighted by atomic mass is 79.9. The van der Waals surface area contributed by atoms with Crippen LogP contribution in [0.5, 0.6) is 11.6 Å². The smallest absolute Gasteiger partial charge is 0.222 e. The average molecular weight is 353 g/mol. The summed E-state index contributed by atoms with van der Waals surface area (Å²) >= 11 is 3.14. The maximum absolute atomic E-state index is 13.2. The lowest BCUT2D eigenvalue weighted by Crippen LogP contribution is -2.21. The molecule has 0 amide bonds. The first-order valence-corrected chi connectivity index (χ1v) is 7.63. The van der Waals surface area contributed by atoms with E-state index in [0.29, 0.717) is 16.1 Å². The molecule has 0 saturated heterocycles. The summed E-state index contributed by atoms with van der Waals surface area (Å²) in [5.41, 5.74) is 7.97. The Morgan fingerprint density at radius 3 is 2.76 bits per heavy atom. The molecular weight excluding hydrogens is 335 g/mol. The zero-order valence-electron chi connectivity index (χ0n) is 12.1. The van der Waals surface area contributed by atoms with Gasteiger partial charge in [-0.1, -0.05) is 6.92 Å². The minimum atomic E-state index is -0.323. The summed E-state index contributed by atoms with van der Waals surface area (Å²) in [5, 5.41) is 0. The number of ether oxygens (including phenoxy) is 1. The summed E-state index contributed by atoms with van der Waals surface area (Å²) in [6, 6.07) is 6.67. The number of aromatic nitrogens is 1. The fourth-order valence-electron chi connectivity index (χ4n) is 1.94. The van der Waals surface area contributed by atoms with Gasteiger partial charge in [0.05, 0.1) is 4.47 Å². The number of rotatable bonds is 5. The van der Waals surface area contributed by atoms with Crippen LogP contribution < -0.4 is 10.5 Å². The van der Waals surface area contributed by atoms with Crippen LogP contribution in [0, 0.1) is 12.7 Å². The number of nitrogens with two attached hydrogens (primary N) is 1. The van der Waals surface area contributed by atoms with Gasteiger partial charge in [-0.25, -0.2) is 9.37 Å². The van der Waals surface area contributed by atoms with Crippen molar-refractivity contribution in [2.75, 3.05) is 0 Å². The van der Waals surface area contributed by atoms with Crippen LogP contribution in [0.25, 0.3) is 0 Å². The normalized spacial score (nSPS) is 12.2. The Balaban J connectivity index is 2.15. The molecule has 112 valence electrons. The molecule has 3 nitrogen and oxygen atoms in total. The maximum Gasteiger partial charge on any atom is 0.222 e. The van der Waals surface area contributed by atoms with Gasteiger partial charge in [0, 0.05) is 17.8 Å². The van der Waals surface area contributed by atoms with E-state index in [9.17, 15) is 4.39 Å². The predicted molar refractivity (Wildman–Crippen MR) is 85.1 cm³/mol. The Morgan fingerprint density at radius 1 is 1.38 bits per heavy atom. The van der Waals surface area contributed by atoms with E-state index >= 15 is 0 Å². The average Bonchev–Trinajstić information content (AvgIpc) is 2.45. The van der Waals surface area contributed by atoms with E-state index in [4.69, 9.17) is 10.5 Å². The second-order valence-corrected chi connectivity index (χ2v) is 5.87. The molecule has 0 spiro atoms. The SMILES string of the molecule is CCC(N)Cc1cnc(Oc2ccc(F)c(Br)c2)c(C)c1. The highest BCUT2D eigenvalue weighted by Crippen LogP contribution is 2.27. The Hall–Kier alpha value is -1.46. The standard InChI is InChI=1S/C16H18BrFN2O/c1-3-12(19)7-11-6-10(2)16(20-9-11)21-13-4-5-15(18)14(17)8-13/h4-6,8-9,12H,3,7,19H2,1-2H3. The molecule has 2 N–H and O–H groups in total. The van der Waals surface area contributed by atoms with E-state index in [0.717, 1.165) is 24.0 Å². The fourth-order valence-corrected chi connectivity index (χ4v) is 2.30. The van der Waals surface area contributed by atoms with E-state index < -0.39 is 0 Å². The second kappa shape index (κ2) is 7.00. The molecule has 21 heavy (non-hydrogen) atoms. The van der Waals surface area contributed by atoms with E-state index in [1.165, 1.54) is 6.07 Å². The second-order valence-electron chi connectivity index (χ2n) is 5.02. The van der Waals surface area contributed by atoms with Crippen molar-refractivity contribution >= 4 is 15.9 Å². The topological polar surface area (TPSA) is 48.1 Å². The minimum absolute atomic E-state index is 0.144. The molecule has 1 unspecified atom stereocenters. The molecule has 2 rings (SSSR count). The van der Waals surface area contributed by atoms with Crippen molar-refractivity contribution in [3.8, 4) is 11.6 Å². The number of pyridine rings is 1. The lowest BCUT2D eigenvalue weighted by molar-refractivity contribution is 0.456. The Kier molecular flexibility index (Phi) is 5.31. The summed E-state index contributed by atoms with van der Waals surface area (Å²) in [6.45, 7) is 4.00. The van der Waals surface area contributed by atoms with Crippen LogP contribution in [0.2, 0.25) is 0 Å². The number of aryl methyl sites for hydroxylation is 1. The molecule has 0 bridgehead atoms. The maximum atomic E-state index is 13.2. The highest BCUT2D eigenvalue weighted by molar-refractivity contribution is 9.10. The van der Waals surface area contributed by atoms with Gasteiger partial charge in [-0.05, 0) is 65.5 Å². The van der Waals surface area contributed by atoms with Gasteiger partial charge in [-0.15, -0.1) is 0 Å². The van der Waals surface area contributed by atoms with Crippen LogP contribution in [0.1, 0.15) is 24.5 Å². The summed E-state index contributed by atoms with van der Waals surface area (Å²) in [7, 11) is 0. The molecule has 0 aliphatic rings. The van der Waals surface area contributed by atoms with Crippen LogP contribution in [0.15, 0.2) is 34.9 Å². The van der Waals surface area contributed by atoms with Crippen molar-refractivity contribution in [3.05, 3.63) is 51.9 Å². The summed E-state index contributed by atoms with van der Waals surface area (Å²) in [4.78, 5) is 4.33. The van der Waals surface area contributed by atoms with Gasteiger partial charge in [0.15, 0.2) is 0 Å². The number of halogens is 2. The third-order valence-electron chi connectivity index (χ3n) is 3.21. The van der Waals surface area contributed by atoms with Crippen LogP contribution in [0.4, 0.5) is 4.39 Å². The molecule has 1 atom stereocenters. The van der Waals surface area contributed by atoms with Crippen molar-refractivity contribution in [2.45, 2.75) is 32.7 Å². The third kappa shape index (κ3) is 4.25. The summed E-state index contributed by atoms with van der Waals surface area (Å²) in [6.07, 6.45) is 3.50. The lowest BCUT2D eigenvalue weighted by atomic mass is 10.1. The zero-order chi connectivity index (χ0) is 15.4. The van der Waals surface area contributed by atoms with Gasteiger partial charge in [0.25, 0.3) is 0 Å². The summed E-state index contributed by atoms with van der Waals surface area (Å²) in [5.74, 6) is 0.732. The summed E-state index contributed by atoms with van der Waals surface area (Å²) < 4.78 is 19.3. The molecule has 0 aliphatic carbocycles. The van der Waals surface area contributed by atoms with E-state index in [2.05, 4.69) is 27.8 Å². The highest BCUT2D eigenvalue weighted by Gasteiger charge is 2.08. The van der Waals surface area contributed by atoms with Crippen molar-refractivity contribution in [2.24, 2.45) is 5.73 Å². The van der Waals surface area contributed by atoms with Gasteiger partial charge in [0.2, 0.25) is 5.88 Å². The van der Waals surface area contributed by atoms with Crippen LogP contribution in [-0.4, -0.2) is 11.0 Å². The molecule has 0 radical (unpaired) electrons. The predicted octanol–water partition coefficient (Wildman–Crippen LogP) is 4.36. The van der Waals surface area contributed by atoms with Crippen molar-refractivity contribution in [3.63, 3.8) is 0 Å². The van der Waals surface area contributed by atoms with Crippen LogP contribution in [-0.2, 0) is 6.42 Å². The molecular formula is C16H18BrFN2O. The minimum Gasteiger partial charge on any atom is -0.439 e. The molecule has 2 aromatic rings. The van der Waals surface area contributed by atoms with Crippen LogP contribution in [0.3, 0.4) is 0 Å². The van der Waals surface area contributed by atoms with Crippen molar-refractivity contribution in [1.82, 2.24) is 4.98 Å². The van der Waals surface area contributed by atoms with Gasteiger partial charge < -0.3 is 10.5 Å². The molecule has 1 aromatic carbocycles. The fraction of sp³-hybridized carbons (Fsp3) is 0.312. The van der Waals surface area contributed by atoms with E-state index in [1.54, 1.807) is 18.3 Å². The first-order valence-electron chi connectivity index (χ1n) is 6.83. The quantitative estimate of drug-likeness (QED) is 0.869. The van der Waals surface area contributed by atoms with Crippen LogP contribution >= 0.6 is 15.9 Å². The van der Waals surface area contributed by atoms with Crippen molar-refractivity contribution < 1.29 is 9.13 Å². The zero-order valence-corrected chi connectivity index (χ0v) is 13.7.